The Morgan fingerprint density at radius 2 is 2.12 bits per heavy atom. The third kappa shape index (κ3) is 3.75. The van der Waals surface area contributed by atoms with E-state index in [1.165, 1.54) is 11.1 Å². The summed E-state index contributed by atoms with van der Waals surface area (Å²) in [7, 11) is 1.72. The molecular formula is C21H25N3OS. The fraction of sp³-hybridized carbons (Fsp3) is 0.381. The standard InChI is InChI=1S/C21H25N3OS/c1-25-13-15-2-6-20-17(10-15)3-7-21(23-20)24(12-16-8-9-26-14-16)19-5-4-18(22)11-19/h2-3,6-10,14,18-19H,4-5,11-13,22H2,1H3/t18-,19-/m0/s1. The van der Waals surface area contributed by atoms with Crippen molar-refractivity contribution < 1.29 is 4.74 Å². The Labute approximate surface area is 158 Å². The monoisotopic (exact) mass is 367 g/mol. The van der Waals surface area contributed by atoms with Gasteiger partial charge in [0.15, 0.2) is 0 Å². The third-order valence-corrected chi connectivity index (χ3v) is 5.90. The van der Waals surface area contributed by atoms with Crippen LogP contribution in [-0.4, -0.2) is 24.2 Å². The Bertz CT molecular complexity index is 865. The Balaban J connectivity index is 1.66. The van der Waals surface area contributed by atoms with E-state index in [0.29, 0.717) is 18.7 Å². The average molecular weight is 368 g/mol. The number of nitrogens with zero attached hydrogens (tertiary/aromatic N) is 2. The van der Waals surface area contributed by atoms with Crippen molar-refractivity contribution in [1.29, 1.82) is 0 Å². The highest BCUT2D eigenvalue weighted by Crippen LogP contribution is 2.30. The molecule has 26 heavy (non-hydrogen) atoms. The van der Waals surface area contributed by atoms with Crippen LogP contribution in [0.1, 0.15) is 30.4 Å². The molecule has 4 nitrogen and oxygen atoms in total. The second-order valence-corrected chi connectivity index (χ2v) is 7.90. The lowest BCUT2D eigenvalue weighted by molar-refractivity contribution is 0.185. The molecule has 5 heteroatoms. The van der Waals surface area contributed by atoms with Crippen LogP contribution in [0, 0.1) is 0 Å². The number of anilines is 1. The molecule has 0 aliphatic heterocycles. The summed E-state index contributed by atoms with van der Waals surface area (Å²) >= 11 is 1.74. The summed E-state index contributed by atoms with van der Waals surface area (Å²) in [4.78, 5) is 7.42. The van der Waals surface area contributed by atoms with Crippen molar-refractivity contribution in [2.75, 3.05) is 12.0 Å². The van der Waals surface area contributed by atoms with Crippen LogP contribution in [0.4, 0.5) is 5.82 Å². The molecule has 0 amide bonds. The summed E-state index contributed by atoms with van der Waals surface area (Å²) in [6.07, 6.45) is 3.27. The minimum atomic E-state index is 0.307. The molecule has 136 valence electrons. The number of methoxy groups -OCH3 is 1. The number of fused-ring (bicyclic) bond motifs is 1. The number of ether oxygens (including phenoxy) is 1. The molecular weight excluding hydrogens is 342 g/mol. The molecule has 4 rings (SSSR count). The van der Waals surface area contributed by atoms with Crippen molar-refractivity contribution in [3.05, 3.63) is 58.3 Å². The summed E-state index contributed by atoms with van der Waals surface area (Å²) in [6, 6.07) is 13.6. The lowest BCUT2D eigenvalue weighted by atomic mass is 10.1. The van der Waals surface area contributed by atoms with Crippen molar-refractivity contribution in [2.45, 2.75) is 44.5 Å². The Morgan fingerprint density at radius 3 is 2.85 bits per heavy atom. The Morgan fingerprint density at radius 1 is 1.19 bits per heavy atom. The number of hydrogen-bond acceptors (Lipinski definition) is 5. The van der Waals surface area contributed by atoms with E-state index in [1.54, 1.807) is 18.4 Å². The van der Waals surface area contributed by atoms with Crippen LogP contribution in [0.2, 0.25) is 0 Å². The van der Waals surface area contributed by atoms with Gasteiger partial charge in [-0.05, 0) is 71.5 Å². The number of nitrogens with two attached hydrogens (primary N) is 1. The maximum absolute atomic E-state index is 6.19. The fourth-order valence-corrected chi connectivity index (χ4v) is 4.49. The van der Waals surface area contributed by atoms with E-state index in [-0.39, 0.29) is 0 Å². The first-order valence-electron chi connectivity index (χ1n) is 9.15. The number of pyridine rings is 1. The summed E-state index contributed by atoms with van der Waals surface area (Å²) in [5, 5.41) is 5.51. The number of aromatic nitrogens is 1. The van der Waals surface area contributed by atoms with Crippen LogP contribution >= 0.6 is 11.3 Å². The topological polar surface area (TPSA) is 51.4 Å². The van der Waals surface area contributed by atoms with Gasteiger partial charge in [-0.15, -0.1) is 0 Å². The van der Waals surface area contributed by atoms with E-state index in [0.717, 1.165) is 42.5 Å². The highest BCUT2D eigenvalue weighted by Gasteiger charge is 2.28. The van der Waals surface area contributed by atoms with Crippen LogP contribution in [0.5, 0.6) is 0 Å². The highest BCUT2D eigenvalue weighted by atomic mass is 32.1. The van der Waals surface area contributed by atoms with Crippen molar-refractivity contribution >= 4 is 28.1 Å². The highest BCUT2D eigenvalue weighted by molar-refractivity contribution is 7.07. The predicted octanol–water partition coefficient (Wildman–Crippen LogP) is 4.33. The lowest BCUT2D eigenvalue weighted by Crippen LogP contribution is -2.34. The van der Waals surface area contributed by atoms with Crippen molar-refractivity contribution in [3.8, 4) is 0 Å². The van der Waals surface area contributed by atoms with Gasteiger partial charge in [-0.3, -0.25) is 0 Å². The first kappa shape index (κ1) is 17.5. The number of thiophene rings is 1. The van der Waals surface area contributed by atoms with Crippen LogP contribution in [0.3, 0.4) is 0 Å². The molecule has 0 bridgehead atoms. The average Bonchev–Trinajstić information content (AvgIpc) is 3.31. The predicted molar refractivity (Wildman–Crippen MR) is 109 cm³/mol. The van der Waals surface area contributed by atoms with Gasteiger partial charge in [0.25, 0.3) is 0 Å². The van der Waals surface area contributed by atoms with Crippen molar-refractivity contribution in [2.24, 2.45) is 5.73 Å². The molecule has 2 N–H and O–H groups in total. The van der Waals surface area contributed by atoms with E-state index in [4.69, 9.17) is 15.5 Å². The molecule has 1 fully saturated rings. The van der Waals surface area contributed by atoms with Crippen LogP contribution in [0.15, 0.2) is 47.2 Å². The van der Waals surface area contributed by atoms with E-state index >= 15 is 0 Å². The number of benzene rings is 1. The van der Waals surface area contributed by atoms with Gasteiger partial charge in [0, 0.05) is 31.1 Å². The van der Waals surface area contributed by atoms with Gasteiger partial charge in [-0.25, -0.2) is 4.98 Å². The molecule has 2 aromatic heterocycles. The Hall–Kier alpha value is -1.95. The molecule has 0 saturated heterocycles. The molecule has 0 unspecified atom stereocenters. The molecule has 1 aliphatic carbocycles. The normalized spacial score (nSPS) is 19.9. The summed E-state index contributed by atoms with van der Waals surface area (Å²) < 4.78 is 5.24. The largest absolute Gasteiger partial charge is 0.380 e. The molecule has 2 heterocycles. The maximum Gasteiger partial charge on any atom is 0.129 e. The lowest BCUT2D eigenvalue weighted by Gasteiger charge is -2.30. The minimum absolute atomic E-state index is 0.307. The van der Waals surface area contributed by atoms with Crippen LogP contribution in [0.25, 0.3) is 10.9 Å². The summed E-state index contributed by atoms with van der Waals surface area (Å²) in [6.45, 7) is 1.52. The zero-order valence-corrected chi connectivity index (χ0v) is 15.9. The van der Waals surface area contributed by atoms with E-state index in [2.05, 4.69) is 52.1 Å². The maximum atomic E-state index is 6.19. The first-order valence-corrected chi connectivity index (χ1v) is 10.1. The summed E-state index contributed by atoms with van der Waals surface area (Å²) in [5.74, 6) is 1.04. The molecule has 1 aromatic carbocycles. The molecule has 1 aliphatic rings. The summed E-state index contributed by atoms with van der Waals surface area (Å²) in [5.41, 5.74) is 9.73. The minimum Gasteiger partial charge on any atom is -0.380 e. The number of hydrogen-bond donors (Lipinski definition) is 1. The molecule has 3 aromatic rings. The molecule has 0 radical (unpaired) electrons. The van der Waals surface area contributed by atoms with Gasteiger partial charge >= 0.3 is 0 Å². The molecule has 1 saturated carbocycles. The van der Waals surface area contributed by atoms with Crippen molar-refractivity contribution in [1.82, 2.24) is 4.98 Å². The van der Waals surface area contributed by atoms with E-state index in [1.807, 2.05) is 0 Å². The van der Waals surface area contributed by atoms with E-state index in [9.17, 15) is 0 Å². The van der Waals surface area contributed by atoms with Gasteiger partial charge < -0.3 is 15.4 Å². The van der Waals surface area contributed by atoms with E-state index < -0.39 is 0 Å². The number of rotatable bonds is 6. The smallest absolute Gasteiger partial charge is 0.129 e. The zero-order valence-electron chi connectivity index (χ0n) is 15.1. The van der Waals surface area contributed by atoms with Crippen molar-refractivity contribution in [3.63, 3.8) is 0 Å². The fourth-order valence-electron chi connectivity index (χ4n) is 3.83. The zero-order chi connectivity index (χ0) is 17.9. The molecule has 2 atom stereocenters. The second kappa shape index (κ2) is 7.74. The van der Waals surface area contributed by atoms with Crippen LogP contribution in [-0.2, 0) is 17.9 Å². The van der Waals surface area contributed by atoms with Crippen LogP contribution < -0.4 is 10.6 Å². The third-order valence-electron chi connectivity index (χ3n) is 5.16. The van der Waals surface area contributed by atoms with Gasteiger partial charge in [0.05, 0.1) is 12.1 Å². The van der Waals surface area contributed by atoms with Gasteiger partial charge in [-0.1, -0.05) is 6.07 Å². The quantitative estimate of drug-likeness (QED) is 0.704. The first-order chi connectivity index (χ1) is 12.7. The van der Waals surface area contributed by atoms with Gasteiger partial charge in [-0.2, -0.15) is 11.3 Å². The SMILES string of the molecule is COCc1ccc2nc(N(Cc3ccsc3)[C@H]3CC[C@H](N)C3)ccc2c1. The van der Waals surface area contributed by atoms with Gasteiger partial charge in [0.2, 0.25) is 0 Å². The van der Waals surface area contributed by atoms with Gasteiger partial charge in [0.1, 0.15) is 5.82 Å². The Kier molecular flexibility index (Phi) is 5.20. The molecule has 0 spiro atoms. The second-order valence-electron chi connectivity index (χ2n) is 7.12.